The first kappa shape index (κ1) is 44.0. The van der Waals surface area contributed by atoms with Crippen LogP contribution in [0.25, 0.3) is 0 Å². The van der Waals surface area contributed by atoms with Crippen LogP contribution in [0.2, 0.25) is 0 Å². The molecule has 0 unspecified atom stereocenters. The summed E-state index contributed by atoms with van der Waals surface area (Å²) >= 11 is 0. The van der Waals surface area contributed by atoms with E-state index in [1.807, 2.05) is 9.80 Å². The van der Waals surface area contributed by atoms with Crippen molar-refractivity contribution in [2.75, 3.05) is 91.4 Å². The number of nitrogens with zero attached hydrogens (tertiary/aromatic N) is 4. The Labute approximate surface area is 282 Å². The van der Waals surface area contributed by atoms with Gasteiger partial charge in [0.1, 0.15) is 12.6 Å². The first-order valence-electron chi connectivity index (χ1n) is 16.2. The molecule has 0 aromatic heterocycles. The Morgan fingerprint density at radius 1 is 0.542 bits per heavy atom. The van der Waals surface area contributed by atoms with E-state index in [1.165, 1.54) is 9.80 Å². The van der Waals surface area contributed by atoms with Crippen LogP contribution < -0.4 is 0 Å². The number of carbonyl (C=O) groups is 4. The van der Waals surface area contributed by atoms with Gasteiger partial charge in [0.05, 0.1) is 52.6 Å². The molecule has 1 aliphatic carbocycles. The molecule has 1 rings (SSSR count). The normalized spacial score (nSPS) is 17.4. The van der Waals surface area contributed by atoms with E-state index in [1.54, 1.807) is 27.7 Å². The molecule has 0 amide bonds. The summed E-state index contributed by atoms with van der Waals surface area (Å²) < 4.78 is 50.1. The number of carboxylic acids is 4. The lowest BCUT2D eigenvalue weighted by atomic mass is 9.88. The third kappa shape index (κ3) is 17.1. The van der Waals surface area contributed by atoms with Gasteiger partial charge in [0, 0.05) is 38.3 Å². The van der Waals surface area contributed by atoms with Gasteiger partial charge < -0.3 is 38.5 Å². The topological polar surface area (TPSA) is 233 Å². The van der Waals surface area contributed by atoms with Crippen molar-refractivity contribution in [3.8, 4) is 0 Å². The highest BCUT2D eigenvalue weighted by Gasteiger charge is 2.41. The van der Waals surface area contributed by atoms with Crippen LogP contribution in [0, 0.1) is 0 Å². The summed E-state index contributed by atoms with van der Waals surface area (Å²) in [6.45, 7) is 5.01. The maximum atomic E-state index is 13.9. The van der Waals surface area contributed by atoms with Crippen molar-refractivity contribution in [2.24, 2.45) is 0 Å². The minimum absolute atomic E-state index is 0.0124. The SMILES string of the molecule is CCOP(=O)(CN(CCN(CC(=O)O)CC(=O)O)[C@@H]1CCCC[C@H]1N(CCN(CC(=O)O)CC(=O)O)CP(=O)(OCC)OCC)OCC. The van der Waals surface area contributed by atoms with Crippen LogP contribution in [-0.4, -0.2) is 167 Å². The molecule has 0 bridgehead atoms. The average Bonchev–Trinajstić information content (AvgIpc) is 2.96. The van der Waals surface area contributed by atoms with Crippen LogP contribution in [-0.2, 0) is 46.4 Å². The minimum atomic E-state index is -3.73. The van der Waals surface area contributed by atoms with E-state index in [4.69, 9.17) is 18.1 Å². The predicted molar refractivity (Wildman–Crippen MR) is 174 cm³/mol. The lowest BCUT2D eigenvalue weighted by molar-refractivity contribution is -0.144. The highest BCUT2D eigenvalue weighted by atomic mass is 31.2. The van der Waals surface area contributed by atoms with Gasteiger partial charge >= 0.3 is 39.1 Å². The molecule has 280 valence electrons. The summed E-state index contributed by atoms with van der Waals surface area (Å²) in [4.78, 5) is 52.2. The van der Waals surface area contributed by atoms with Crippen molar-refractivity contribution in [1.29, 1.82) is 0 Å². The highest BCUT2D eigenvalue weighted by molar-refractivity contribution is 7.54. The molecule has 0 aromatic rings. The van der Waals surface area contributed by atoms with Crippen LogP contribution in [0.1, 0.15) is 53.4 Å². The van der Waals surface area contributed by atoms with E-state index in [2.05, 4.69) is 0 Å². The molecule has 0 radical (unpaired) electrons. The molecule has 0 heterocycles. The molecule has 0 aliphatic heterocycles. The minimum Gasteiger partial charge on any atom is -0.480 e. The van der Waals surface area contributed by atoms with Crippen molar-refractivity contribution in [1.82, 2.24) is 19.6 Å². The van der Waals surface area contributed by atoms with E-state index in [-0.39, 0.29) is 65.2 Å². The molecule has 18 nitrogen and oxygen atoms in total. The van der Waals surface area contributed by atoms with Gasteiger partial charge in [-0.25, -0.2) is 0 Å². The lowest BCUT2D eigenvalue weighted by Crippen LogP contribution is -2.56. The Balaban J connectivity index is 3.64. The Hall–Kier alpha value is -1.98. The quantitative estimate of drug-likeness (QED) is 0.0845. The zero-order valence-corrected chi connectivity index (χ0v) is 30.2. The molecule has 4 N–H and O–H groups in total. The van der Waals surface area contributed by atoms with E-state index in [0.717, 1.165) is 12.8 Å². The fraction of sp³-hybridized carbons (Fsp3) is 0.857. The first-order chi connectivity index (χ1) is 22.6. The van der Waals surface area contributed by atoms with Gasteiger partial charge in [-0.15, -0.1) is 0 Å². The Bertz CT molecular complexity index is 980. The summed E-state index contributed by atoms with van der Waals surface area (Å²) in [5.74, 6) is -4.86. The standard InChI is InChI=1S/C28H54N4O14P2/c1-5-43-47(41,44-6-2)21-31(15-13-29(17-25(33)34)18-26(35)36)23-11-9-10-12-24(23)32(22-48(42,45-7-3)46-8-4)16-14-30(19-27(37)38)20-28(39)40/h23-24H,5-22H2,1-4H3,(H,33,34)(H,35,36)(H,37,38)(H,39,40)/t23-,24-/m1/s1. The van der Waals surface area contributed by atoms with Crippen LogP contribution in [0.5, 0.6) is 0 Å². The van der Waals surface area contributed by atoms with E-state index in [9.17, 15) is 48.7 Å². The predicted octanol–water partition coefficient (Wildman–Crippen LogP) is 2.29. The smallest absolute Gasteiger partial charge is 0.344 e. The number of rotatable bonds is 28. The van der Waals surface area contributed by atoms with Crippen LogP contribution >= 0.6 is 15.2 Å². The van der Waals surface area contributed by atoms with Crippen molar-refractivity contribution in [2.45, 2.75) is 65.5 Å². The molecular formula is C28H54N4O14P2. The molecular weight excluding hydrogens is 678 g/mol. The number of carboxylic acid groups (broad SMARTS) is 4. The van der Waals surface area contributed by atoms with Crippen molar-refractivity contribution in [3.63, 3.8) is 0 Å². The van der Waals surface area contributed by atoms with Crippen LogP contribution in [0.4, 0.5) is 0 Å². The highest BCUT2D eigenvalue weighted by Crippen LogP contribution is 2.51. The Kier molecular flexibility index (Phi) is 20.8. The number of hydrogen-bond acceptors (Lipinski definition) is 14. The molecule has 1 saturated carbocycles. The third-order valence-corrected chi connectivity index (χ3v) is 11.5. The third-order valence-electron chi connectivity index (χ3n) is 7.49. The Morgan fingerprint density at radius 3 is 1.04 bits per heavy atom. The van der Waals surface area contributed by atoms with Crippen molar-refractivity contribution < 1.29 is 66.8 Å². The van der Waals surface area contributed by atoms with Crippen molar-refractivity contribution >= 4 is 39.1 Å². The molecule has 48 heavy (non-hydrogen) atoms. The first-order valence-corrected chi connectivity index (χ1v) is 19.6. The summed E-state index contributed by atoms with van der Waals surface area (Å²) in [6, 6.07) is -0.845. The van der Waals surface area contributed by atoms with Crippen molar-refractivity contribution in [3.05, 3.63) is 0 Å². The van der Waals surface area contributed by atoms with Gasteiger partial charge in [-0.05, 0) is 40.5 Å². The van der Waals surface area contributed by atoms with Crippen LogP contribution in [0.15, 0.2) is 0 Å². The van der Waals surface area contributed by atoms with Gasteiger partial charge in [0.15, 0.2) is 0 Å². The molecule has 1 fully saturated rings. The summed E-state index contributed by atoms with van der Waals surface area (Å²) in [6.07, 6.45) is 2.22. The summed E-state index contributed by atoms with van der Waals surface area (Å²) in [7, 11) is -7.45. The second-order valence-corrected chi connectivity index (χ2v) is 15.3. The second kappa shape index (κ2) is 22.7. The molecule has 0 aromatic carbocycles. The molecule has 1 aliphatic rings. The molecule has 20 heteroatoms. The summed E-state index contributed by atoms with van der Waals surface area (Å²) in [5, 5.41) is 37.6. The van der Waals surface area contributed by atoms with Crippen LogP contribution in [0.3, 0.4) is 0 Å². The maximum Gasteiger partial charge on any atom is 0.344 e. The van der Waals surface area contributed by atoms with Gasteiger partial charge in [-0.3, -0.25) is 47.9 Å². The molecule has 0 saturated heterocycles. The van der Waals surface area contributed by atoms with E-state index >= 15 is 0 Å². The summed E-state index contributed by atoms with van der Waals surface area (Å²) in [5.41, 5.74) is 0. The Morgan fingerprint density at radius 2 is 0.812 bits per heavy atom. The zero-order valence-electron chi connectivity index (χ0n) is 28.4. The van der Waals surface area contributed by atoms with Gasteiger partial charge in [-0.1, -0.05) is 12.8 Å². The molecule has 2 atom stereocenters. The fourth-order valence-corrected chi connectivity index (χ4v) is 9.47. The number of aliphatic carboxylic acids is 4. The number of hydrogen-bond donors (Lipinski definition) is 4. The maximum absolute atomic E-state index is 13.9. The van der Waals surface area contributed by atoms with E-state index < -0.39 is 77.3 Å². The average molecular weight is 733 g/mol. The van der Waals surface area contributed by atoms with Gasteiger partial charge in [0.25, 0.3) is 0 Å². The second-order valence-electron chi connectivity index (χ2n) is 11.2. The van der Waals surface area contributed by atoms with Gasteiger partial charge in [-0.2, -0.15) is 0 Å². The van der Waals surface area contributed by atoms with E-state index in [0.29, 0.717) is 12.8 Å². The zero-order chi connectivity index (χ0) is 36.3. The lowest BCUT2D eigenvalue weighted by Gasteiger charge is -2.46. The fourth-order valence-electron chi connectivity index (χ4n) is 5.83. The monoisotopic (exact) mass is 732 g/mol. The largest absolute Gasteiger partial charge is 0.480 e. The molecule has 0 spiro atoms. The van der Waals surface area contributed by atoms with Gasteiger partial charge in [0.2, 0.25) is 0 Å².